The quantitative estimate of drug-likeness (QED) is 0.630. The summed E-state index contributed by atoms with van der Waals surface area (Å²) in [5.41, 5.74) is 10.8. The predicted octanol–water partition coefficient (Wildman–Crippen LogP) is 3.48. The standard InChI is InChI=1S/C15H16N2/c1-3-10-8-9-12-11-6-4-5-7-13(11)17(2)15(12)14(10)16/h4-9H,3,16H2,1-2H3. The van der Waals surface area contributed by atoms with Crippen molar-refractivity contribution in [1.29, 1.82) is 0 Å². The summed E-state index contributed by atoms with van der Waals surface area (Å²) >= 11 is 0. The van der Waals surface area contributed by atoms with Crippen LogP contribution in [0.5, 0.6) is 0 Å². The molecule has 1 heterocycles. The lowest BCUT2D eigenvalue weighted by Gasteiger charge is -2.06. The molecule has 0 spiro atoms. The number of nitrogens with two attached hydrogens (primary N) is 1. The second kappa shape index (κ2) is 3.52. The fourth-order valence-corrected chi connectivity index (χ4v) is 2.65. The molecule has 0 atom stereocenters. The highest BCUT2D eigenvalue weighted by molar-refractivity contribution is 6.12. The van der Waals surface area contributed by atoms with E-state index >= 15 is 0 Å². The average Bonchev–Trinajstić information content (AvgIpc) is 2.65. The third-order valence-electron chi connectivity index (χ3n) is 3.58. The van der Waals surface area contributed by atoms with Crippen LogP contribution in [-0.2, 0) is 13.5 Å². The maximum atomic E-state index is 6.27. The summed E-state index contributed by atoms with van der Waals surface area (Å²) < 4.78 is 2.19. The molecule has 0 amide bonds. The largest absolute Gasteiger partial charge is 0.397 e. The zero-order valence-corrected chi connectivity index (χ0v) is 10.2. The highest BCUT2D eigenvalue weighted by atomic mass is 14.9. The van der Waals surface area contributed by atoms with Gasteiger partial charge in [0.15, 0.2) is 0 Å². The van der Waals surface area contributed by atoms with Gasteiger partial charge in [-0.25, -0.2) is 0 Å². The summed E-state index contributed by atoms with van der Waals surface area (Å²) in [5, 5.41) is 2.53. The first-order chi connectivity index (χ1) is 8.24. The minimum atomic E-state index is 0.920. The van der Waals surface area contributed by atoms with Gasteiger partial charge in [-0.2, -0.15) is 0 Å². The molecule has 0 saturated carbocycles. The van der Waals surface area contributed by atoms with Crippen molar-refractivity contribution in [1.82, 2.24) is 4.57 Å². The maximum absolute atomic E-state index is 6.27. The van der Waals surface area contributed by atoms with Gasteiger partial charge >= 0.3 is 0 Å². The van der Waals surface area contributed by atoms with Crippen LogP contribution in [0.1, 0.15) is 12.5 Å². The van der Waals surface area contributed by atoms with Crippen LogP contribution in [0.2, 0.25) is 0 Å². The summed E-state index contributed by atoms with van der Waals surface area (Å²) in [5.74, 6) is 0. The molecular weight excluding hydrogens is 208 g/mol. The monoisotopic (exact) mass is 224 g/mol. The van der Waals surface area contributed by atoms with Crippen LogP contribution in [0, 0.1) is 0 Å². The van der Waals surface area contributed by atoms with Crippen molar-refractivity contribution in [3.8, 4) is 0 Å². The third-order valence-corrected chi connectivity index (χ3v) is 3.58. The topological polar surface area (TPSA) is 30.9 Å². The van der Waals surface area contributed by atoms with Crippen LogP contribution in [0.15, 0.2) is 36.4 Å². The Morgan fingerprint density at radius 2 is 1.82 bits per heavy atom. The van der Waals surface area contributed by atoms with Crippen molar-refractivity contribution in [2.75, 3.05) is 5.73 Å². The summed E-state index contributed by atoms with van der Waals surface area (Å²) in [6.45, 7) is 2.14. The number of hydrogen-bond donors (Lipinski definition) is 1. The van der Waals surface area contributed by atoms with Crippen LogP contribution >= 0.6 is 0 Å². The van der Waals surface area contributed by atoms with E-state index in [9.17, 15) is 0 Å². The van der Waals surface area contributed by atoms with Gasteiger partial charge in [-0.15, -0.1) is 0 Å². The zero-order chi connectivity index (χ0) is 12.0. The van der Waals surface area contributed by atoms with E-state index in [4.69, 9.17) is 5.73 Å². The number of anilines is 1. The van der Waals surface area contributed by atoms with Gasteiger partial charge in [-0.1, -0.05) is 37.3 Å². The Morgan fingerprint density at radius 1 is 1.06 bits per heavy atom. The van der Waals surface area contributed by atoms with Crippen LogP contribution in [-0.4, -0.2) is 4.57 Å². The first kappa shape index (κ1) is 10.2. The van der Waals surface area contributed by atoms with Gasteiger partial charge in [0.1, 0.15) is 0 Å². The molecule has 0 aliphatic rings. The second-order valence-electron chi connectivity index (χ2n) is 4.46. The molecule has 2 nitrogen and oxygen atoms in total. The number of rotatable bonds is 1. The zero-order valence-electron chi connectivity index (χ0n) is 10.2. The molecule has 3 rings (SSSR count). The van der Waals surface area contributed by atoms with E-state index in [-0.39, 0.29) is 0 Å². The van der Waals surface area contributed by atoms with Crippen LogP contribution in [0.25, 0.3) is 21.8 Å². The fraction of sp³-hybridized carbons (Fsp3) is 0.200. The van der Waals surface area contributed by atoms with Gasteiger partial charge in [0, 0.05) is 23.3 Å². The molecule has 0 unspecified atom stereocenters. The molecule has 1 aromatic heterocycles. The van der Waals surface area contributed by atoms with Crippen LogP contribution < -0.4 is 5.73 Å². The van der Waals surface area contributed by atoms with E-state index in [0.717, 1.165) is 17.6 Å². The first-order valence-corrected chi connectivity index (χ1v) is 5.98. The van der Waals surface area contributed by atoms with Gasteiger partial charge in [0.05, 0.1) is 11.2 Å². The number of nitrogens with zero attached hydrogens (tertiary/aromatic N) is 1. The van der Waals surface area contributed by atoms with Crippen molar-refractivity contribution >= 4 is 27.5 Å². The Kier molecular flexibility index (Phi) is 2.11. The first-order valence-electron chi connectivity index (χ1n) is 5.98. The van der Waals surface area contributed by atoms with Crippen molar-refractivity contribution in [3.05, 3.63) is 42.0 Å². The molecule has 0 fully saturated rings. The van der Waals surface area contributed by atoms with Crippen molar-refractivity contribution < 1.29 is 0 Å². The second-order valence-corrected chi connectivity index (χ2v) is 4.46. The van der Waals surface area contributed by atoms with Gasteiger partial charge in [0.25, 0.3) is 0 Å². The van der Waals surface area contributed by atoms with Gasteiger partial charge in [-0.05, 0) is 18.1 Å². The average molecular weight is 224 g/mol. The highest BCUT2D eigenvalue weighted by Crippen LogP contribution is 2.33. The lowest BCUT2D eigenvalue weighted by molar-refractivity contribution is 1.01. The molecule has 0 saturated heterocycles. The molecule has 0 radical (unpaired) electrons. The molecule has 0 aliphatic carbocycles. The van der Waals surface area contributed by atoms with Crippen molar-refractivity contribution in [3.63, 3.8) is 0 Å². The molecule has 86 valence electrons. The summed E-state index contributed by atoms with van der Waals surface area (Å²) in [4.78, 5) is 0. The van der Waals surface area contributed by atoms with E-state index in [2.05, 4.69) is 54.9 Å². The lowest BCUT2D eigenvalue weighted by Crippen LogP contribution is -1.97. The SMILES string of the molecule is CCc1ccc2c3ccccc3n(C)c2c1N. The number of aryl methyl sites for hydroxylation is 2. The minimum Gasteiger partial charge on any atom is -0.397 e. The predicted molar refractivity (Wildman–Crippen MR) is 74.2 cm³/mol. The number of nitrogen functional groups attached to an aromatic ring is 1. The lowest BCUT2D eigenvalue weighted by atomic mass is 10.1. The molecule has 0 aliphatic heterocycles. The Bertz CT molecular complexity index is 708. The van der Waals surface area contributed by atoms with E-state index in [1.165, 1.54) is 21.9 Å². The molecule has 17 heavy (non-hydrogen) atoms. The van der Waals surface area contributed by atoms with E-state index in [0.29, 0.717) is 0 Å². The number of benzene rings is 2. The molecule has 0 bridgehead atoms. The maximum Gasteiger partial charge on any atom is 0.0725 e. The fourth-order valence-electron chi connectivity index (χ4n) is 2.65. The third kappa shape index (κ3) is 1.27. The number of para-hydroxylation sites is 1. The summed E-state index contributed by atoms with van der Waals surface area (Å²) in [6, 6.07) is 12.8. The van der Waals surface area contributed by atoms with Crippen molar-refractivity contribution in [2.45, 2.75) is 13.3 Å². The molecule has 2 N–H and O–H groups in total. The minimum absolute atomic E-state index is 0.920. The van der Waals surface area contributed by atoms with Crippen LogP contribution in [0.4, 0.5) is 5.69 Å². The number of hydrogen-bond acceptors (Lipinski definition) is 1. The van der Waals surface area contributed by atoms with Gasteiger partial charge < -0.3 is 10.3 Å². The van der Waals surface area contributed by atoms with E-state index in [1.807, 2.05) is 0 Å². The Morgan fingerprint density at radius 3 is 2.59 bits per heavy atom. The van der Waals surface area contributed by atoms with Crippen LogP contribution in [0.3, 0.4) is 0 Å². The summed E-state index contributed by atoms with van der Waals surface area (Å²) in [6.07, 6.45) is 0.975. The normalized spacial score (nSPS) is 11.4. The Labute approximate surface area is 101 Å². The van der Waals surface area contributed by atoms with E-state index in [1.54, 1.807) is 0 Å². The van der Waals surface area contributed by atoms with Crippen molar-refractivity contribution in [2.24, 2.45) is 7.05 Å². The molecular formula is C15H16N2. The molecule has 2 aromatic carbocycles. The smallest absolute Gasteiger partial charge is 0.0725 e. The highest BCUT2D eigenvalue weighted by Gasteiger charge is 2.11. The van der Waals surface area contributed by atoms with Gasteiger partial charge in [0.2, 0.25) is 0 Å². The molecule has 3 aromatic rings. The summed E-state index contributed by atoms with van der Waals surface area (Å²) in [7, 11) is 2.08. The molecule has 2 heteroatoms. The van der Waals surface area contributed by atoms with Gasteiger partial charge in [-0.3, -0.25) is 0 Å². The Balaban J connectivity index is 2.57. The number of fused-ring (bicyclic) bond motifs is 3. The Hall–Kier alpha value is -1.96. The van der Waals surface area contributed by atoms with E-state index < -0.39 is 0 Å². The number of aromatic nitrogens is 1.